The second-order valence-corrected chi connectivity index (χ2v) is 12.0. The van der Waals surface area contributed by atoms with E-state index in [-0.39, 0.29) is 28.9 Å². The minimum absolute atomic E-state index is 0.0506. The van der Waals surface area contributed by atoms with Gasteiger partial charge in [0.15, 0.2) is 0 Å². The normalized spacial score (nSPS) is 17.7. The smallest absolute Gasteiger partial charge is 0.322 e. The Morgan fingerprint density at radius 3 is 2.05 bits per heavy atom. The molecule has 10 heteroatoms. The number of anilines is 1. The lowest BCUT2D eigenvalue weighted by Gasteiger charge is -2.40. The highest BCUT2D eigenvalue weighted by molar-refractivity contribution is 7.89. The second kappa shape index (κ2) is 11.3. The number of carbonyl (C=O) groups is 1. The molecule has 2 aromatic carbocycles. The van der Waals surface area contributed by atoms with Crippen LogP contribution in [0.5, 0.6) is 0 Å². The third-order valence-corrected chi connectivity index (χ3v) is 9.66. The van der Waals surface area contributed by atoms with Gasteiger partial charge in [-0.2, -0.15) is 4.31 Å². The van der Waals surface area contributed by atoms with Crippen LogP contribution in [-0.4, -0.2) is 40.9 Å². The summed E-state index contributed by atoms with van der Waals surface area (Å²) < 4.78 is 35.1. The van der Waals surface area contributed by atoms with E-state index in [1.165, 1.54) is 37.1 Å². The lowest BCUT2D eigenvalue weighted by molar-refractivity contribution is 0.102. The SMILES string of the molecule is O=C(Nc1nnc(-c2ccccc2Cl)o1)c1ccc(S(=O)(=O)N(C2CCCCC2)C2CCCCC2)cc1. The van der Waals surface area contributed by atoms with Crippen LogP contribution in [0.15, 0.2) is 57.8 Å². The van der Waals surface area contributed by atoms with E-state index in [0.29, 0.717) is 16.1 Å². The highest BCUT2D eigenvalue weighted by atomic mass is 35.5. The molecular formula is C27H31ClN4O4S. The van der Waals surface area contributed by atoms with Gasteiger partial charge in [0, 0.05) is 17.6 Å². The zero-order chi connectivity index (χ0) is 25.8. The number of aromatic nitrogens is 2. The molecule has 0 atom stereocenters. The number of benzene rings is 2. The molecule has 1 heterocycles. The zero-order valence-corrected chi connectivity index (χ0v) is 22.2. The molecule has 0 radical (unpaired) electrons. The summed E-state index contributed by atoms with van der Waals surface area (Å²) >= 11 is 6.17. The van der Waals surface area contributed by atoms with Crippen LogP contribution < -0.4 is 5.32 Å². The van der Waals surface area contributed by atoms with E-state index in [9.17, 15) is 13.2 Å². The number of carbonyl (C=O) groups excluding carboxylic acids is 1. The van der Waals surface area contributed by atoms with Gasteiger partial charge in [0.1, 0.15) is 0 Å². The molecule has 0 unspecified atom stereocenters. The number of hydrogen-bond donors (Lipinski definition) is 1. The summed E-state index contributed by atoms with van der Waals surface area (Å²) in [5.41, 5.74) is 0.852. The minimum atomic E-state index is -3.68. The summed E-state index contributed by atoms with van der Waals surface area (Å²) in [6.45, 7) is 0. The molecule has 2 aliphatic carbocycles. The average Bonchev–Trinajstić information content (AvgIpc) is 3.38. The van der Waals surface area contributed by atoms with Crippen molar-refractivity contribution < 1.29 is 17.6 Å². The second-order valence-electron chi connectivity index (χ2n) is 9.79. The van der Waals surface area contributed by atoms with Crippen molar-refractivity contribution in [1.82, 2.24) is 14.5 Å². The molecule has 0 bridgehead atoms. The average molecular weight is 543 g/mol. The molecule has 2 saturated carbocycles. The molecule has 196 valence electrons. The van der Waals surface area contributed by atoms with Crippen molar-refractivity contribution in [2.75, 3.05) is 5.32 Å². The third kappa shape index (κ3) is 5.73. The largest absolute Gasteiger partial charge is 0.403 e. The fraction of sp³-hybridized carbons (Fsp3) is 0.444. The van der Waals surface area contributed by atoms with Crippen molar-refractivity contribution in [2.24, 2.45) is 0 Å². The van der Waals surface area contributed by atoms with Crippen LogP contribution in [0.1, 0.15) is 74.6 Å². The standard InChI is InChI=1S/C27H31ClN4O4S/c28-24-14-8-7-13-23(24)26-30-31-27(36-26)29-25(33)19-15-17-22(18-16-19)37(34,35)32(20-9-3-1-4-10-20)21-11-5-2-6-12-21/h7-8,13-18,20-21H,1-6,9-12H2,(H,29,31,33). The Morgan fingerprint density at radius 2 is 1.46 bits per heavy atom. The van der Waals surface area contributed by atoms with E-state index >= 15 is 0 Å². The van der Waals surface area contributed by atoms with Crippen LogP contribution in [-0.2, 0) is 10.0 Å². The molecule has 0 saturated heterocycles. The predicted octanol–water partition coefficient (Wildman–Crippen LogP) is 6.30. The topological polar surface area (TPSA) is 105 Å². The monoisotopic (exact) mass is 542 g/mol. The number of hydrogen-bond acceptors (Lipinski definition) is 6. The number of nitrogens with zero attached hydrogens (tertiary/aromatic N) is 3. The maximum absolute atomic E-state index is 13.8. The summed E-state index contributed by atoms with van der Waals surface area (Å²) in [6.07, 6.45) is 10.2. The summed E-state index contributed by atoms with van der Waals surface area (Å²) in [7, 11) is -3.68. The van der Waals surface area contributed by atoms with E-state index in [0.717, 1.165) is 51.4 Å². The van der Waals surface area contributed by atoms with Crippen LogP contribution in [0, 0.1) is 0 Å². The van der Waals surface area contributed by atoms with Crippen LogP contribution >= 0.6 is 11.6 Å². The number of halogens is 1. The highest BCUT2D eigenvalue weighted by Crippen LogP contribution is 2.35. The quantitative estimate of drug-likeness (QED) is 0.375. The first kappa shape index (κ1) is 25.9. The van der Waals surface area contributed by atoms with E-state index in [4.69, 9.17) is 16.0 Å². The lowest BCUT2D eigenvalue weighted by Crippen LogP contribution is -2.48. The molecule has 37 heavy (non-hydrogen) atoms. The molecule has 0 spiro atoms. The van der Waals surface area contributed by atoms with E-state index in [2.05, 4.69) is 15.5 Å². The summed E-state index contributed by atoms with van der Waals surface area (Å²) in [5, 5.41) is 10.8. The molecular weight excluding hydrogens is 512 g/mol. The Morgan fingerprint density at radius 1 is 0.865 bits per heavy atom. The fourth-order valence-corrected chi connectivity index (χ4v) is 7.59. The summed E-state index contributed by atoms with van der Waals surface area (Å²) in [5.74, 6) is -0.289. The van der Waals surface area contributed by atoms with Crippen LogP contribution in [0.4, 0.5) is 6.01 Å². The van der Waals surface area contributed by atoms with Crippen molar-refractivity contribution in [3.8, 4) is 11.5 Å². The van der Waals surface area contributed by atoms with Gasteiger partial charge in [-0.15, -0.1) is 5.10 Å². The van der Waals surface area contributed by atoms with Crippen molar-refractivity contribution in [3.63, 3.8) is 0 Å². The molecule has 5 rings (SSSR count). The maximum Gasteiger partial charge on any atom is 0.322 e. The minimum Gasteiger partial charge on any atom is -0.403 e. The molecule has 1 amide bonds. The van der Waals surface area contributed by atoms with Gasteiger partial charge in [-0.1, -0.05) is 67.4 Å². The van der Waals surface area contributed by atoms with Gasteiger partial charge in [0.25, 0.3) is 11.8 Å². The molecule has 1 N–H and O–H groups in total. The van der Waals surface area contributed by atoms with Gasteiger partial charge >= 0.3 is 6.01 Å². The van der Waals surface area contributed by atoms with Gasteiger partial charge < -0.3 is 4.42 Å². The Kier molecular flexibility index (Phi) is 7.92. The van der Waals surface area contributed by atoms with Crippen LogP contribution in [0.25, 0.3) is 11.5 Å². The molecule has 3 aromatic rings. The first-order valence-corrected chi connectivity index (χ1v) is 14.8. The van der Waals surface area contributed by atoms with Crippen molar-refractivity contribution >= 4 is 33.5 Å². The van der Waals surface area contributed by atoms with Crippen molar-refractivity contribution in [2.45, 2.75) is 81.2 Å². The molecule has 0 aliphatic heterocycles. The van der Waals surface area contributed by atoms with Gasteiger partial charge in [-0.3, -0.25) is 10.1 Å². The lowest BCUT2D eigenvalue weighted by atomic mass is 9.91. The van der Waals surface area contributed by atoms with E-state index in [1.54, 1.807) is 24.3 Å². The Labute approximate surface area is 222 Å². The summed E-state index contributed by atoms with van der Waals surface area (Å²) in [4.78, 5) is 13.0. The van der Waals surface area contributed by atoms with Gasteiger partial charge in [0.2, 0.25) is 10.0 Å². The predicted molar refractivity (Wildman–Crippen MR) is 142 cm³/mol. The Hall–Kier alpha value is -2.75. The van der Waals surface area contributed by atoms with Gasteiger partial charge in [0.05, 0.1) is 15.5 Å². The van der Waals surface area contributed by atoms with Gasteiger partial charge in [-0.25, -0.2) is 8.42 Å². The zero-order valence-electron chi connectivity index (χ0n) is 20.6. The number of amides is 1. The number of sulfonamides is 1. The number of nitrogens with one attached hydrogen (secondary N) is 1. The van der Waals surface area contributed by atoms with Crippen LogP contribution in [0.2, 0.25) is 5.02 Å². The van der Waals surface area contributed by atoms with Crippen LogP contribution in [0.3, 0.4) is 0 Å². The van der Waals surface area contributed by atoms with E-state index < -0.39 is 15.9 Å². The third-order valence-electron chi connectivity index (χ3n) is 7.31. The first-order valence-electron chi connectivity index (χ1n) is 13.0. The molecule has 2 aliphatic rings. The summed E-state index contributed by atoms with van der Waals surface area (Å²) in [6, 6.07) is 13.1. The Balaban J connectivity index is 1.32. The van der Waals surface area contributed by atoms with Gasteiger partial charge in [-0.05, 0) is 62.1 Å². The van der Waals surface area contributed by atoms with E-state index in [1.807, 2.05) is 4.31 Å². The number of rotatable bonds is 7. The maximum atomic E-state index is 13.8. The highest BCUT2D eigenvalue weighted by Gasteiger charge is 2.38. The van der Waals surface area contributed by atoms with Crippen molar-refractivity contribution in [3.05, 3.63) is 59.1 Å². The fourth-order valence-electron chi connectivity index (χ4n) is 5.45. The molecule has 1 aromatic heterocycles. The molecule has 2 fully saturated rings. The molecule has 8 nitrogen and oxygen atoms in total. The Bertz CT molecular complexity index is 1310. The van der Waals surface area contributed by atoms with Crippen molar-refractivity contribution in [1.29, 1.82) is 0 Å². The first-order chi connectivity index (χ1) is 17.9.